The Morgan fingerprint density at radius 3 is 2.52 bits per heavy atom. The van der Waals surface area contributed by atoms with Gasteiger partial charge in [0.25, 0.3) is 0 Å². The molecule has 0 amide bonds. The monoisotopic (exact) mass is 576 g/mol. The van der Waals surface area contributed by atoms with Gasteiger partial charge in [-0.05, 0) is 93.7 Å². The predicted octanol–water partition coefficient (Wildman–Crippen LogP) is 7.29. The predicted molar refractivity (Wildman–Crippen MR) is 161 cm³/mol. The number of phenols is 1. The fraction of sp³-hybridized carbons (Fsp3) is 0.571. The van der Waals surface area contributed by atoms with Crippen LogP contribution in [0.4, 0.5) is 0 Å². The summed E-state index contributed by atoms with van der Waals surface area (Å²) in [6, 6.07) is 5.94. The van der Waals surface area contributed by atoms with Crippen LogP contribution in [0.5, 0.6) is 11.5 Å². The molecule has 6 unspecified atom stereocenters. The fourth-order valence-electron chi connectivity index (χ4n) is 8.23. The number of fused-ring (bicyclic) bond motifs is 6. The van der Waals surface area contributed by atoms with Gasteiger partial charge in [0.05, 0.1) is 0 Å². The lowest BCUT2D eigenvalue weighted by atomic mass is 9.48. The number of carbonyl (C=O) groups excluding carboxylic acids is 2. The number of hydrogen-bond donors (Lipinski definition) is 1. The Balaban J connectivity index is 0.000000176. The third kappa shape index (κ3) is 5.80. The maximum atomic E-state index is 12.4. The van der Waals surface area contributed by atoms with Crippen LogP contribution in [0.3, 0.4) is 0 Å². The molecule has 6 rings (SSSR count). The van der Waals surface area contributed by atoms with Crippen molar-refractivity contribution in [2.24, 2.45) is 28.6 Å². The van der Waals surface area contributed by atoms with E-state index in [1.165, 1.54) is 37.1 Å². The molecule has 0 aliphatic heterocycles. The molecule has 1 aromatic carbocycles. The normalized spacial score (nSPS) is 31.5. The summed E-state index contributed by atoms with van der Waals surface area (Å²) in [4.78, 5) is 34.8. The number of ether oxygens (including phenoxy) is 2. The Labute approximate surface area is 248 Å². The summed E-state index contributed by atoms with van der Waals surface area (Å²) in [5.74, 6) is 2.66. The quantitative estimate of drug-likeness (QED) is 0.231. The molecule has 7 nitrogen and oxygen atoms in total. The number of phenolic OH excluding ortho intramolecular Hbond substituents is 1. The molecule has 7 heteroatoms. The highest BCUT2D eigenvalue weighted by atomic mass is 16.5. The number of allylic oxidation sites excluding steroid dienone is 2. The van der Waals surface area contributed by atoms with Crippen molar-refractivity contribution in [3.05, 3.63) is 58.0 Å². The minimum absolute atomic E-state index is 0.0264. The average molecular weight is 577 g/mol. The second-order valence-electron chi connectivity index (χ2n) is 13.4. The highest BCUT2D eigenvalue weighted by Gasteiger charge is 2.58. The second-order valence-corrected chi connectivity index (χ2v) is 13.4. The van der Waals surface area contributed by atoms with Gasteiger partial charge in [-0.3, -0.25) is 9.59 Å². The summed E-state index contributed by atoms with van der Waals surface area (Å²) < 4.78 is 15.9. The average Bonchev–Trinajstić information content (AvgIpc) is 3.23. The Morgan fingerprint density at radius 1 is 1.05 bits per heavy atom. The third-order valence-electron chi connectivity index (χ3n) is 10.5. The minimum Gasteiger partial charge on any atom is -0.504 e. The SMILES string of the molecule is CC(=O)OC1CCC2(C)C(=CCC3C4CCC(=O)C4(C)CCC32)C1.CC(C)=CCOc1cc2oc(=O)ccc2cc1O. The van der Waals surface area contributed by atoms with E-state index in [2.05, 4.69) is 19.9 Å². The van der Waals surface area contributed by atoms with Crippen molar-refractivity contribution in [2.45, 2.75) is 92.1 Å². The Bertz CT molecular complexity index is 1480. The summed E-state index contributed by atoms with van der Waals surface area (Å²) >= 11 is 0. The fourth-order valence-corrected chi connectivity index (χ4v) is 8.23. The van der Waals surface area contributed by atoms with E-state index in [0.717, 1.165) is 50.5 Å². The zero-order valence-corrected chi connectivity index (χ0v) is 25.5. The van der Waals surface area contributed by atoms with Crippen LogP contribution in [0, 0.1) is 28.6 Å². The molecule has 6 atom stereocenters. The smallest absolute Gasteiger partial charge is 0.336 e. The van der Waals surface area contributed by atoms with E-state index >= 15 is 0 Å². The van der Waals surface area contributed by atoms with Gasteiger partial charge in [0.1, 0.15) is 24.1 Å². The molecule has 226 valence electrons. The maximum absolute atomic E-state index is 12.4. The molecular weight excluding hydrogens is 532 g/mol. The van der Waals surface area contributed by atoms with Crippen LogP contribution in [0.25, 0.3) is 11.0 Å². The van der Waals surface area contributed by atoms with E-state index in [4.69, 9.17) is 13.9 Å². The van der Waals surface area contributed by atoms with E-state index in [-0.39, 0.29) is 28.7 Å². The lowest BCUT2D eigenvalue weighted by Gasteiger charge is -2.56. The summed E-state index contributed by atoms with van der Waals surface area (Å²) in [6.07, 6.45) is 12.7. The summed E-state index contributed by atoms with van der Waals surface area (Å²) in [6.45, 7) is 10.5. The molecule has 0 radical (unpaired) electrons. The Kier molecular flexibility index (Phi) is 8.41. The van der Waals surface area contributed by atoms with Crippen molar-refractivity contribution in [3.63, 3.8) is 0 Å². The first kappa shape index (κ1) is 30.1. The van der Waals surface area contributed by atoms with Crippen molar-refractivity contribution >= 4 is 22.7 Å². The number of Topliss-reactive ketones (excluding diaryl/α,β-unsaturated/α-hetero) is 1. The highest BCUT2D eigenvalue weighted by Crippen LogP contribution is 2.64. The zero-order valence-electron chi connectivity index (χ0n) is 25.5. The second kappa shape index (κ2) is 11.7. The van der Waals surface area contributed by atoms with Gasteiger partial charge >= 0.3 is 11.6 Å². The van der Waals surface area contributed by atoms with Gasteiger partial charge in [-0.2, -0.15) is 0 Å². The molecule has 0 bridgehead atoms. The van der Waals surface area contributed by atoms with Gasteiger partial charge in [0.15, 0.2) is 11.5 Å². The van der Waals surface area contributed by atoms with Crippen LogP contribution in [0.2, 0.25) is 0 Å². The number of benzene rings is 1. The number of carbonyl (C=O) groups is 2. The number of esters is 1. The highest BCUT2D eigenvalue weighted by molar-refractivity contribution is 5.87. The van der Waals surface area contributed by atoms with Crippen LogP contribution in [-0.2, 0) is 14.3 Å². The molecule has 42 heavy (non-hydrogen) atoms. The number of hydrogen-bond acceptors (Lipinski definition) is 7. The van der Waals surface area contributed by atoms with Crippen LogP contribution >= 0.6 is 0 Å². The molecule has 0 saturated heterocycles. The van der Waals surface area contributed by atoms with Crippen LogP contribution < -0.4 is 10.4 Å². The molecule has 1 aromatic heterocycles. The first-order chi connectivity index (χ1) is 19.9. The minimum atomic E-state index is -0.427. The van der Waals surface area contributed by atoms with Crippen molar-refractivity contribution < 1.29 is 28.6 Å². The summed E-state index contributed by atoms with van der Waals surface area (Å²) in [5.41, 5.74) is 2.83. The molecule has 2 aromatic rings. The zero-order chi connectivity index (χ0) is 30.2. The molecule has 0 spiro atoms. The van der Waals surface area contributed by atoms with E-state index in [0.29, 0.717) is 46.9 Å². The van der Waals surface area contributed by atoms with E-state index in [1.54, 1.807) is 6.07 Å². The van der Waals surface area contributed by atoms with E-state index < -0.39 is 5.63 Å². The van der Waals surface area contributed by atoms with Gasteiger partial charge in [-0.25, -0.2) is 4.79 Å². The lowest BCUT2D eigenvalue weighted by Crippen LogP contribution is -2.50. The van der Waals surface area contributed by atoms with Gasteiger partial charge in [-0.1, -0.05) is 31.1 Å². The van der Waals surface area contributed by atoms with Crippen LogP contribution in [0.15, 0.2) is 56.8 Å². The van der Waals surface area contributed by atoms with Gasteiger partial charge in [0.2, 0.25) is 0 Å². The van der Waals surface area contributed by atoms with Crippen molar-refractivity contribution in [1.82, 2.24) is 0 Å². The topological polar surface area (TPSA) is 103 Å². The van der Waals surface area contributed by atoms with Crippen molar-refractivity contribution in [3.8, 4) is 11.5 Å². The molecule has 4 aliphatic carbocycles. The van der Waals surface area contributed by atoms with Gasteiger partial charge in [-0.15, -0.1) is 0 Å². The molecule has 4 aliphatic rings. The largest absolute Gasteiger partial charge is 0.504 e. The first-order valence-electron chi connectivity index (χ1n) is 15.3. The Morgan fingerprint density at radius 2 is 1.79 bits per heavy atom. The van der Waals surface area contributed by atoms with Crippen LogP contribution in [0.1, 0.15) is 86.0 Å². The number of rotatable bonds is 4. The van der Waals surface area contributed by atoms with Crippen molar-refractivity contribution in [2.75, 3.05) is 6.61 Å². The van der Waals surface area contributed by atoms with E-state index in [1.807, 2.05) is 19.9 Å². The molecular formula is C35H44O7. The molecule has 3 fully saturated rings. The number of aromatic hydroxyl groups is 1. The van der Waals surface area contributed by atoms with Crippen LogP contribution in [-0.4, -0.2) is 29.6 Å². The van der Waals surface area contributed by atoms with E-state index in [9.17, 15) is 19.5 Å². The van der Waals surface area contributed by atoms with Crippen molar-refractivity contribution in [1.29, 1.82) is 0 Å². The summed E-state index contributed by atoms with van der Waals surface area (Å²) in [5, 5.41) is 10.4. The first-order valence-corrected chi connectivity index (χ1v) is 15.3. The maximum Gasteiger partial charge on any atom is 0.336 e. The third-order valence-corrected chi connectivity index (χ3v) is 10.5. The summed E-state index contributed by atoms with van der Waals surface area (Å²) in [7, 11) is 0. The molecule has 1 heterocycles. The van der Waals surface area contributed by atoms with Gasteiger partial charge in [0, 0.05) is 42.7 Å². The van der Waals surface area contributed by atoms with Gasteiger partial charge < -0.3 is 19.0 Å². The molecule has 3 saturated carbocycles. The number of ketones is 1. The Hall–Kier alpha value is -3.35. The lowest BCUT2D eigenvalue weighted by molar-refractivity contribution is -0.148. The molecule has 1 N–H and O–H groups in total. The standard InChI is InChI=1S/C21H30O3.C14H14O4/c1-13(22)24-15-8-10-20(2)14(12-15)4-5-16-17-6-7-19(23)21(17,3)11-9-18(16)20;1-9(2)5-6-17-13-8-12-10(7-11(13)15)3-4-14(16)18-12/h4,15-18H,5-12H2,1-3H3;3-5,7-8,15H,6H2,1-2H3.